The fraction of sp³-hybridized carbons (Fsp3) is 0.462. The monoisotopic (exact) mass is 251 g/mol. The van der Waals surface area contributed by atoms with Gasteiger partial charge >= 0.3 is 0 Å². The van der Waals surface area contributed by atoms with Crippen LogP contribution in [-0.2, 0) is 0 Å². The number of hydrogen-bond donors (Lipinski definition) is 1. The molecular formula is C13H18ClN3. The Bertz CT molecular complexity index is 444. The van der Waals surface area contributed by atoms with E-state index in [0.29, 0.717) is 5.96 Å². The summed E-state index contributed by atoms with van der Waals surface area (Å²) in [4.78, 5) is 6.47. The maximum Gasteiger partial charge on any atom is 0.196 e. The second kappa shape index (κ2) is 4.57. The first-order valence-corrected chi connectivity index (χ1v) is 6.30. The molecule has 0 aliphatic carbocycles. The molecule has 0 aromatic heterocycles. The highest BCUT2D eigenvalue weighted by Gasteiger charge is 2.38. The number of halogens is 1. The van der Waals surface area contributed by atoms with Crippen molar-refractivity contribution in [3.63, 3.8) is 0 Å². The van der Waals surface area contributed by atoms with Crippen LogP contribution in [0.5, 0.6) is 0 Å². The normalized spacial score (nSPS) is 23.9. The summed E-state index contributed by atoms with van der Waals surface area (Å²) in [5.74, 6) is 0.586. The molecule has 1 aliphatic heterocycles. The minimum Gasteiger partial charge on any atom is -0.369 e. The third-order valence-corrected chi connectivity index (χ3v) is 3.44. The molecule has 1 aromatic rings. The lowest BCUT2D eigenvalue weighted by Gasteiger charge is -2.36. The molecule has 0 saturated carbocycles. The smallest absolute Gasteiger partial charge is 0.196 e. The molecule has 1 aliphatic rings. The van der Waals surface area contributed by atoms with Gasteiger partial charge in [0.05, 0.1) is 12.1 Å². The highest BCUT2D eigenvalue weighted by molar-refractivity contribution is 6.31. The lowest BCUT2D eigenvalue weighted by molar-refractivity contribution is 0.457. The first-order valence-electron chi connectivity index (χ1n) is 5.92. The Labute approximate surface area is 107 Å². The van der Waals surface area contributed by atoms with E-state index in [2.05, 4.69) is 23.7 Å². The molecule has 0 spiro atoms. The number of guanidine groups is 1. The van der Waals surface area contributed by atoms with Gasteiger partial charge in [0.25, 0.3) is 0 Å². The molecule has 0 bridgehead atoms. The van der Waals surface area contributed by atoms with Crippen LogP contribution in [0.2, 0.25) is 5.02 Å². The fourth-order valence-corrected chi connectivity index (χ4v) is 2.64. The topological polar surface area (TPSA) is 41.6 Å². The van der Waals surface area contributed by atoms with Gasteiger partial charge in [-0.1, -0.05) is 31.0 Å². The Balaban J connectivity index is 2.37. The zero-order valence-corrected chi connectivity index (χ0v) is 11.0. The number of anilines is 1. The second-order valence-corrected chi connectivity index (χ2v) is 5.17. The van der Waals surface area contributed by atoms with E-state index in [1.165, 1.54) is 0 Å². The van der Waals surface area contributed by atoms with Gasteiger partial charge in [0, 0.05) is 10.7 Å². The van der Waals surface area contributed by atoms with E-state index < -0.39 is 0 Å². The highest BCUT2D eigenvalue weighted by Crippen LogP contribution is 2.33. The Morgan fingerprint density at radius 2 is 2.29 bits per heavy atom. The Kier molecular flexibility index (Phi) is 3.29. The SMILES string of the molecule is CCCC1(C)CN=C(N)N1c1cccc(Cl)c1. The van der Waals surface area contributed by atoms with Crippen molar-refractivity contribution in [1.29, 1.82) is 0 Å². The summed E-state index contributed by atoms with van der Waals surface area (Å²) in [6, 6.07) is 7.76. The van der Waals surface area contributed by atoms with Crippen molar-refractivity contribution >= 4 is 23.2 Å². The lowest BCUT2D eigenvalue weighted by atomic mass is 9.94. The van der Waals surface area contributed by atoms with Gasteiger partial charge in [-0.15, -0.1) is 0 Å². The molecule has 1 unspecified atom stereocenters. The number of nitrogens with zero attached hydrogens (tertiary/aromatic N) is 2. The van der Waals surface area contributed by atoms with Crippen LogP contribution in [0.25, 0.3) is 0 Å². The van der Waals surface area contributed by atoms with E-state index in [9.17, 15) is 0 Å². The Morgan fingerprint density at radius 3 is 2.94 bits per heavy atom. The Hall–Kier alpha value is -1.22. The van der Waals surface area contributed by atoms with Crippen molar-refractivity contribution in [1.82, 2.24) is 0 Å². The first-order chi connectivity index (χ1) is 8.07. The molecule has 4 heteroatoms. The van der Waals surface area contributed by atoms with Crippen molar-refractivity contribution in [2.45, 2.75) is 32.2 Å². The Morgan fingerprint density at radius 1 is 1.53 bits per heavy atom. The molecule has 0 radical (unpaired) electrons. The van der Waals surface area contributed by atoms with Crippen LogP contribution in [-0.4, -0.2) is 18.0 Å². The first kappa shape index (κ1) is 12.2. The molecule has 2 N–H and O–H groups in total. The maximum absolute atomic E-state index is 6.03. The van der Waals surface area contributed by atoms with Crippen LogP contribution in [0.1, 0.15) is 26.7 Å². The van der Waals surface area contributed by atoms with Crippen molar-refractivity contribution in [2.75, 3.05) is 11.4 Å². The van der Waals surface area contributed by atoms with Gasteiger partial charge in [-0.2, -0.15) is 0 Å². The summed E-state index contributed by atoms with van der Waals surface area (Å²) in [5.41, 5.74) is 7.00. The molecule has 1 atom stereocenters. The van der Waals surface area contributed by atoms with Gasteiger partial charge in [-0.3, -0.25) is 4.99 Å². The van der Waals surface area contributed by atoms with E-state index in [4.69, 9.17) is 17.3 Å². The zero-order chi connectivity index (χ0) is 12.5. The molecule has 0 saturated heterocycles. The predicted octanol–water partition coefficient (Wildman–Crippen LogP) is 3.03. The van der Waals surface area contributed by atoms with E-state index in [1.807, 2.05) is 24.3 Å². The third-order valence-electron chi connectivity index (χ3n) is 3.21. The zero-order valence-electron chi connectivity index (χ0n) is 10.3. The molecule has 2 rings (SSSR count). The number of nitrogens with two attached hydrogens (primary N) is 1. The number of rotatable bonds is 3. The summed E-state index contributed by atoms with van der Waals surface area (Å²) in [6.07, 6.45) is 2.17. The van der Waals surface area contributed by atoms with Crippen LogP contribution in [0.3, 0.4) is 0 Å². The molecule has 1 aromatic carbocycles. The molecular weight excluding hydrogens is 234 g/mol. The molecule has 17 heavy (non-hydrogen) atoms. The summed E-state index contributed by atoms with van der Waals surface area (Å²) in [7, 11) is 0. The van der Waals surface area contributed by atoms with Gasteiger partial charge in [0.2, 0.25) is 0 Å². The summed E-state index contributed by atoms with van der Waals surface area (Å²) < 4.78 is 0. The minimum absolute atomic E-state index is 0.0243. The summed E-state index contributed by atoms with van der Waals surface area (Å²) in [6.45, 7) is 5.12. The van der Waals surface area contributed by atoms with E-state index in [1.54, 1.807) is 0 Å². The third kappa shape index (κ3) is 2.25. The number of hydrogen-bond acceptors (Lipinski definition) is 3. The van der Waals surface area contributed by atoms with Crippen LogP contribution in [0.15, 0.2) is 29.3 Å². The van der Waals surface area contributed by atoms with Gasteiger partial charge in [0.1, 0.15) is 0 Å². The molecule has 0 amide bonds. The van der Waals surface area contributed by atoms with E-state index in [-0.39, 0.29) is 5.54 Å². The number of aliphatic imine (C=N–C) groups is 1. The van der Waals surface area contributed by atoms with Crippen molar-refractivity contribution in [2.24, 2.45) is 10.7 Å². The largest absolute Gasteiger partial charge is 0.369 e. The molecule has 0 fully saturated rings. The van der Waals surface area contributed by atoms with Crippen LogP contribution in [0.4, 0.5) is 5.69 Å². The van der Waals surface area contributed by atoms with Gasteiger partial charge < -0.3 is 10.6 Å². The molecule has 92 valence electrons. The molecule has 1 heterocycles. The standard InChI is InChI=1S/C13H18ClN3/c1-3-7-13(2)9-16-12(15)17(13)11-6-4-5-10(14)8-11/h4-6,8H,3,7,9H2,1-2H3,(H2,15,16). The quantitative estimate of drug-likeness (QED) is 0.897. The van der Waals surface area contributed by atoms with Crippen LogP contribution >= 0.6 is 11.6 Å². The second-order valence-electron chi connectivity index (χ2n) is 4.74. The van der Waals surface area contributed by atoms with E-state index in [0.717, 1.165) is 30.1 Å². The van der Waals surface area contributed by atoms with E-state index >= 15 is 0 Å². The average Bonchev–Trinajstić information content (AvgIpc) is 2.55. The minimum atomic E-state index is -0.0243. The van der Waals surface area contributed by atoms with Gasteiger partial charge in [0.15, 0.2) is 5.96 Å². The van der Waals surface area contributed by atoms with Crippen molar-refractivity contribution in [3.05, 3.63) is 29.3 Å². The van der Waals surface area contributed by atoms with Crippen molar-refractivity contribution < 1.29 is 0 Å². The van der Waals surface area contributed by atoms with Crippen molar-refractivity contribution in [3.8, 4) is 0 Å². The van der Waals surface area contributed by atoms with Gasteiger partial charge in [-0.05, 0) is 31.5 Å². The van der Waals surface area contributed by atoms with Gasteiger partial charge in [-0.25, -0.2) is 0 Å². The predicted molar refractivity (Wildman–Crippen MR) is 73.7 cm³/mol. The average molecular weight is 252 g/mol. The summed E-state index contributed by atoms with van der Waals surface area (Å²) >= 11 is 6.03. The molecule has 3 nitrogen and oxygen atoms in total. The highest BCUT2D eigenvalue weighted by atomic mass is 35.5. The number of benzene rings is 1. The maximum atomic E-state index is 6.03. The fourth-order valence-electron chi connectivity index (χ4n) is 2.46. The van der Waals surface area contributed by atoms with Crippen LogP contribution < -0.4 is 10.6 Å². The summed E-state index contributed by atoms with van der Waals surface area (Å²) in [5, 5.41) is 0.723. The lowest BCUT2D eigenvalue weighted by Crippen LogP contribution is -2.49. The van der Waals surface area contributed by atoms with Crippen LogP contribution in [0, 0.1) is 0 Å².